The molecule has 0 aromatic heterocycles. The highest BCUT2D eigenvalue weighted by Crippen LogP contribution is 2.24. The SMILES string of the molecule is COCCOC(=O)Nc1ccc(Cc2ccc(NC(=O)OCC(O)(O)COC(=O)Nc3ccc(Cc4ccc(NC(=O)OCCOC)cc4)cc3)cc2)cc1.O=C(Nc1ccc(Cc2ccc(NC(=O)OCC(O)(O)COC(=O)Nc3ccc(Cc4ccc(NC(=O)OCCSCCN5CCCC5=O)cc4)cc3)cc2)cc1)OCCSCCN1CCCC1=O. The summed E-state index contributed by atoms with van der Waals surface area (Å²) in [6.07, 6.45) is -0.575. The third-order valence-corrected chi connectivity index (χ3v) is 20.1. The van der Waals surface area contributed by atoms with E-state index in [0.29, 0.717) is 109 Å². The van der Waals surface area contributed by atoms with Crippen LogP contribution in [-0.4, -0.2) is 232 Å². The number of carbonyl (C=O) groups excluding carboxylic acids is 10. The molecule has 0 unspecified atom stereocenters. The van der Waals surface area contributed by atoms with Gasteiger partial charge in [0.05, 0.1) is 13.2 Å². The number of methoxy groups -OCH3 is 2. The molecule has 10 rings (SSSR count). The predicted octanol–water partition coefficient (Wildman–Crippen LogP) is 12.9. The van der Waals surface area contributed by atoms with Crippen LogP contribution in [0.5, 0.6) is 0 Å². The van der Waals surface area contributed by atoms with Crippen LogP contribution in [0.4, 0.5) is 83.9 Å². The van der Waals surface area contributed by atoms with Gasteiger partial charge in [-0.05, 0) is 180 Å². The molecule has 0 aliphatic carbocycles. The normalized spacial score (nSPS) is 12.3. The second kappa shape index (κ2) is 50.7. The third-order valence-electron chi connectivity index (χ3n) is 18.3. The number of ether oxygens (including phenoxy) is 10. The number of hydrogen-bond donors (Lipinski definition) is 12. The van der Waals surface area contributed by atoms with Crippen LogP contribution < -0.4 is 42.5 Å². The molecule has 10 amide bonds. The van der Waals surface area contributed by atoms with E-state index >= 15 is 0 Å². The Hall–Kier alpha value is -12.7. The Morgan fingerprint density at radius 3 is 0.669 bits per heavy atom. The number of hydrogen-bond acceptors (Lipinski definition) is 26. The summed E-state index contributed by atoms with van der Waals surface area (Å²) in [6, 6.07) is 57.0. The van der Waals surface area contributed by atoms with Gasteiger partial charge in [0, 0.05) is 122 Å². The van der Waals surface area contributed by atoms with Crippen molar-refractivity contribution in [2.45, 2.75) is 62.9 Å². The largest absolute Gasteiger partial charge is 0.448 e. The van der Waals surface area contributed by atoms with E-state index in [0.717, 1.165) is 95.0 Å². The first-order valence-electron chi connectivity index (χ1n) is 39.7. The lowest BCUT2D eigenvalue weighted by Crippen LogP contribution is -2.41. The summed E-state index contributed by atoms with van der Waals surface area (Å²) < 4.78 is 49.9. The Kier molecular flexibility index (Phi) is 38.9. The van der Waals surface area contributed by atoms with Crippen molar-refractivity contribution in [2.24, 2.45) is 0 Å². The van der Waals surface area contributed by atoms with Gasteiger partial charge in [-0.2, -0.15) is 23.5 Å². The lowest BCUT2D eigenvalue weighted by Gasteiger charge is -2.21. The highest BCUT2D eigenvalue weighted by Gasteiger charge is 2.30. The van der Waals surface area contributed by atoms with Gasteiger partial charge in [-0.25, -0.2) is 38.4 Å². The molecule has 2 fully saturated rings. The molecule has 2 heterocycles. The quantitative estimate of drug-likeness (QED) is 0.00960. The standard InChI is InChI=1S/C49H58N6O12S2.C39H44N4O12/c56-43-3-1-21-54(43)23-27-68-29-25-64-45(58)50-39-13-5-35(6-14-39)31-37-9-17-41(18-10-37)52-47(60)66-33-49(62,63)34-67-48(61)53-42-19-11-38(12-20-42)32-36-7-15-40(16-8-36)51-46(59)65-26-30-69-28-24-55-22-2-4-44(55)57;1-50-19-21-52-35(44)40-31-11-3-27(4-12-31)23-29-7-15-33(16-8-29)42-37(46)54-25-39(48,49)26-55-38(47)43-34-17-9-30(10-18-34)24-28-5-13-32(14-6-28)41-36(45)53-22-20-51-2/h5-20,62-63H,1-4,21-34H2,(H,50,58)(H,51,59)(H,52,60)(H,53,61);3-18,48-49H,19-26H2,1-2H3,(H,40,44)(H,41,45)(H,42,46)(H,43,47). The summed E-state index contributed by atoms with van der Waals surface area (Å²) in [5.74, 6) is -2.00. The van der Waals surface area contributed by atoms with Crippen LogP contribution in [-0.2, 0) is 82.6 Å². The van der Waals surface area contributed by atoms with Crippen molar-refractivity contribution < 1.29 is 116 Å². The predicted molar refractivity (Wildman–Crippen MR) is 467 cm³/mol. The van der Waals surface area contributed by atoms with E-state index in [1.54, 1.807) is 121 Å². The van der Waals surface area contributed by atoms with E-state index in [1.165, 1.54) is 14.2 Å². The minimum Gasteiger partial charge on any atom is -0.448 e. The molecule has 8 aromatic carbocycles. The van der Waals surface area contributed by atoms with Gasteiger partial charge in [-0.3, -0.25) is 52.1 Å². The zero-order valence-corrected chi connectivity index (χ0v) is 70.2. The summed E-state index contributed by atoms with van der Waals surface area (Å²) >= 11 is 3.27. The highest BCUT2D eigenvalue weighted by atomic mass is 32.2. The number of carbonyl (C=O) groups is 10. The number of aliphatic hydroxyl groups is 4. The van der Waals surface area contributed by atoms with Gasteiger partial charge in [-0.15, -0.1) is 0 Å². The topological polar surface area (TPSA) is 447 Å². The number of amides is 10. The molecule has 36 heteroatoms. The summed E-state index contributed by atoms with van der Waals surface area (Å²) in [7, 11) is 3.04. The van der Waals surface area contributed by atoms with Crippen molar-refractivity contribution in [3.05, 3.63) is 239 Å². The summed E-state index contributed by atoms with van der Waals surface area (Å²) in [5.41, 5.74) is 11.7. The maximum Gasteiger partial charge on any atom is 0.411 e. The van der Waals surface area contributed by atoms with E-state index in [1.807, 2.05) is 107 Å². The van der Waals surface area contributed by atoms with Gasteiger partial charge in [-0.1, -0.05) is 97.1 Å². The van der Waals surface area contributed by atoms with Gasteiger partial charge in [0.15, 0.2) is 26.4 Å². The highest BCUT2D eigenvalue weighted by molar-refractivity contribution is 7.99. The van der Waals surface area contributed by atoms with Crippen molar-refractivity contribution in [3.8, 4) is 0 Å². The molecule has 2 saturated heterocycles. The molecule has 0 atom stereocenters. The first-order chi connectivity index (χ1) is 59.8. The van der Waals surface area contributed by atoms with Gasteiger partial charge in [0.2, 0.25) is 23.4 Å². The first-order valence-corrected chi connectivity index (χ1v) is 42.0. The molecule has 2 aliphatic rings. The maximum absolute atomic E-state index is 12.4. The van der Waals surface area contributed by atoms with Crippen molar-refractivity contribution >= 4 is 130 Å². The molecule has 0 bridgehead atoms. The zero-order chi connectivity index (χ0) is 88.3. The molecule has 34 nitrogen and oxygen atoms in total. The number of nitrogens with zero attached hydrogens (tertiary/aromatic N) is 2. The monoisotopic (exact) mass is 1750 g/mol. The summed E-state index contributed by atoms with van der Waals surface area (Å²) in [5, 5.41) is 61.7. The lowest BCUT2D eigenvalue weighted by atomic mass is 10.0. The van der Waals surface area contributed by atoms with Crippen LogP contribution in [0, 0.1) is 0 Å². The minimum atomic E-state index is -2.66. The van der Waals surface area contributed by atoms with Crippen LogP contribution in [0.25, 0.3) is 0 Å². The van der Waals surface area contributed by atoms with E-state index in [2.05, 4.69) is 42.5 Å². The third kappa shape index (κ3) is 36.6. The molecule has 8 aromatic rings. The molecule has 0 spiro atoms. The van der Waals surface area contributed by atoms with E-state index < -0.39 is 86.7 Å². The van der Waals surface area contributed by atoms with Crippen LogP contribution in [0.2, 0.25) is 0 Å². The number of anilines is 8. The Morgan fingerprint density at radius 2 is 0.484 bits per heavy atom. The van der Waals surface area contributed by atoms with E-state index in [9.17, 15) is 68.4 Å². The van der Waals surface area contributed by atoms with Crippen LogP contribution in [0.15, 0.2) is 194 Å². The second-order valence-electron chi connectivity index (χ2n) is 28.3. The van der Waals surface area contributed by atoms with Crippen LogP contribution >= 0.6 is 23.5 Å². The molecule has 660 valence electrons. The molecule has 124 heavy (non-hydrogen) atoms. The molecule has 0 saturated carbocycles. The van der Waals surface area contributed by atoms with Gasteiger partial charge >= 0.3 is 48.7 Å². The van der Waals surface area contributed by atoms with Crippen molar-refractivity contribution in [2.75, 3.05) is 172 Å². The fourth-order valence-corrected chi connectivity index (χ4v) is 13.4. The number of nitrogens with one attached hydrogen (secondary N) is 8. The van der Waals surface area contributed by atoms with Crippen LogP contribution in [0.3, 0.4) is 0 Å². The molecular formula is C88H102N10O24S2. The first kappa shape index (κ1) is 95.2. The fourth-order valence-electron chi connectivity index (χ4n) is 11.9. The Morgan fingerprint density at radius 1 is 0.290 bits per heavy atom. The van der Waals surface area contributed by atoms with Gasteiger partial charge in [0.25, 0.3) is 0 Å². The van der Waals surface area contributed by atoms with Gasteiger partial charge in [0.1, 0.15) is 26.4 Å². The number of thioether (sulfide) groups is 2. The Bertz CT molecular complexity index is 4440. The second-order valence-corrected chi connectivity index (χ2v) is 30.7. The lowest BCUT2D eigenvalue weighted by molar-refractivity contribution is -0.206. The number of rotatable bonds is 42. The molecule has 12 N–H and O–H groups in total. The Labute approximate surface area is 725 Å². The average Bonchev–Trinajstić information content (AvgIpc) is 1.32. The number of likely N-dealkylation sites (tertiary alicyclic amines) is 2. The summed E-state index contributed by atoms with van der Waals surface area (Å²) in [6.45, 7) is 1.03. The van der Waals surface area contributed by atoms with Crippen molar-refractivity contribution in [3.63, 3.8) is 0 Å². The van der Waals surface area contributed by atoms with Gasteiger partial charge < -0.3 is 77.6 Å². The summed E-state index contributed by atoms with van der Waals surface area (Å²) in [4.78, 5) is 124. The van der Waals surface area contributed by atoms with E-state index in [-0.39, 0.29) is 38.2 Å². The minimum absolute atomic E-state index is 0.152. The average molecular weight is 1750 g/mol. The van der Waals surface area contributed by atoms with E-state index in [4.69, 9.17) is 47.4 Å². The smallest absolute Gasteiger partial charge is 0.411 e. The fraction of sp³-hybridized carbons (Fsp3) is 0.341. The molecule has 0 radical (unpaired) electrons. The Balaban J connectivity index is 0.000000289. The maximum atomic E-state index is 12.4. The van der Waals surface area contributed by atoms with Crippen molar-refractivity contribution in [1.29, 1.82) is 0 Å². The van der Waals surface area contributed by atoms with Crippen LogP contribution in [0.1, 0.15) is 70.2 Å². The number of benzene rings is 8. The zero-order valence-electron chi connectivity index (χ0n) is 68.5. The van der Waals surface area contributed by atoms with Crippen molar-refractivity contribution in [1.82, 2.24) is 9.80 Å². The molecular weight excluding hydrogens is 1650 g/mol. The molecule has 2 aliphatic heterocycles.